The van der Waals surface area contributed by atoms with E-state index in [-0.39, 0.29) is 17.9 Å². The molecule has 1 aliphatic heterocycles. The van der Waals surface area contributed by atoms with Crippen LogP contribution in [0.5, 0.6) is 0 Å². The van der Waals surface area contributed by atoms with Crippen molar-refractivity contribution in [2.75, 3.05) is 36.4 Å². The topological polar surface area (TPSA) is 55.8 Å². The van der Waals surface area contributed by atoms with Crippen molar-refractivity contribution in [2.24, 2.45) is 5.92 Å². The van der Waals surface area contributed by atoms with Crippen LogP contribution in [0.1, 0.15) is 57.6 Å². The summed E-state index contributed by atoms with van der Waals surface area (Å²) in [5, 5.41) is 15.2. The van der Waals surface area contributed by atoms with Gasteiger partial charge in [0.15, 0.2) is 0 Å². The van der Waals surface area contributed by atoms with Crippen molar-refractivity contribution in [3.8, 4) is 0 Å². The molecule has 2 aliphatic rings. The Morgan fingerprint density at radius 2 is 1.79 bits per heavy atom. The van der Waals surface area contributed by atoms with Gasteiger partial charge in [0.25, 0.3) is 0 Å². The zero-order valence-corrected chi connectivity index (χ0v) is 20.5. The Hall–Kier alpha value is -2.08. The number of amides is 1. The minimum atomic E-state index is -0.635. The van der Waals surface area contributed by atoms with Crippen LogP contribution in [0.15, 0.2) is 48.5 Å². The van der Waals surface area contributed by atoms with Gasteiger partial charge >= 0.3 is 0 Å². The van der Waals surface area contributed by atoms with Crippen molar-refractivity contribution in [3.63, 3.8) is 0 Å². The van der Waals surface area contributed by atoms with Crippen LogP contribution in [0.4, 0.5) is 11.4 Å². The summed E-state index contributed by atoms with van der Waals surface area (Å²) in [6, 6.07) is 16.0. The maximum atomic E-state index is 12.9. The van der Waals surface area contributed by atoms with Gasteiger partial charge in [-0.2, -0.15) is 0 Å². The molecule has 0 radical (unpaired) electrons. The molecule has 178 valence electrons. The third-order valence-corrected chi connectivity index (χ3v) is 7.76. The van der Waals surface area contributed by atoms with Crippen molar-refractivity contribution in [2.45, 2.75) is 57.6 Å². The number of hydrogen-bond acceptors (Lipinski definition) is 4. The van der Waals surface area contributed by atoms with E-state index in [4.69, 9.17) is 11.6 Å². The van der Waals surface area contributed by atoms with Crippen LogP contribution in [0.3, 0.4) is 0 Å². The number of nitrogens with one attached hydrogen (secondary N) is 1. The summed E-state index contributed by atoms with van der Waals surface area (Å²) in [6.07, 6.45) is 4.79. The van der Waals surface area contributed by atoms with Crippen LogP contribution in [0, 0.1) is 5.92 Å². The van der Waals surface area contributed by atoms with Crippen molar-refractivity contribution in [3.05, 3.63) is 59.1 Å². The van der Waals surface area contributed by atoms with Gasteiger partial charge in [-0.15, -0.1) is 0 Å². The Morgan fingerprint density at radius 3 is 2.45 bits per heavy atom. The van der Waals surface area contributed by atoms with E-state index < -0.39 is 5.60 Å². The molecule has 2 aromatic rings. The van der Waals surface area contributed by atoms with Crippen molar-refractivity contribution in [1.29, 1.82) is 0 Å². The summed E-state index contributed by atoms with van der Waals surface area (Å²) >= 11 is 5.97. The number of fused-ring (bicyclic) bond motifs is 1. The van der Waals surface area contributed by atoms with Gasteiger partial charge in [-0.25, -0.2) is 0 Å². The summed E-state index contributed by atoms with van der Waals surface area (Å²) in [4.78, 5) is 17.5. The number of benzene rings is 2. The molecule has 2 fully saturated rings. The Balaban J connectivity index is 1.57. The van der Waals surface area contributed by atoms with E-state index >= 15 is 0 Å². The van der Waals surface area contributed by atoms with Crippen LogP contribution < -0.4 is 10.2 Å². The average Bonchev–Trinajstić information content (AvgIpc) is 2.82. The molecule has 0 unspecified atom stereocenters. The molecule has 3 atom stereocenters. The van der Waals surface area contributed by atoms with Crippen molar-refractivity contribution >= 4 is 28.9 Å². The Labute approximate surface area is 202 Å². The summed E-state index contributed by atoms with van der Waals surface area (Å²) < 4.78 is 0. The normalized spacial score (nSPS) is 25.3. The summed E-state index contributed by atoms with van der Waals surface area (Å²) in [5.74, 6) is 0.103. The van der Waals surface area contributed by atoms with Gasteiger partial charge in [-0.1, -0.05) is 36.6 Å². The second-order valence-corrected chi connectivity index (χ2v) is 9.88. The summed E-state index contributed by atoms with van der Waals surface area (Å²) in [7, 11) is 0. The number of hydrogen-bond donors (Lipinski definition) is 2. The Bertz CT molecular complexity index is 929. The predicted molar refractivity (Wildman–Crippen MR) is 136 cm³/mol. The molecule has 2 N–H and O–H groups in total. The molecule has 1 saturated heterocycles. The first kappa shape index (κ1) is 24.1. The first-order valence-corrected chi connectivity index (χ1v) is 12.7. The number of anilines is 2. The van der Waals surface area contributed by atoms with Gasteiger partial charge in [-0.3, -0.25) is 9.69 Å². The van der Waals surface area contributed by atoms with E-state index in [0.29, 0.717) is 18.1 Å². The highest BCUT2D eigenvalue weighted by molar-refractivity contribution is 6.30. The minimum Gasteiger partial charge on any atom is -0.389 e. The lowest BCUT2D eigenvalue weighted by molar-refractivity contribution is -0.135. The molecule has 2 aromatic carbocycles. The molecule has 5 nitrogen and oxygen atoms in total. The number of carbonyl (C=O) groups is 1. The van der Waals surface area contributed by atoms with Crippen LogP contribution in [-0.2, 0) is 4.79 Å². The molecule has 1 amide bonds. The molecule has 1 aliphatic carbocycles. The fourth-order valence-electron chi connectivity index (χ4n) is 5.75. The van der Waals surface area contributed by atoms with E-state index in [1.165, 1.54) is 11.3 Å². The highest BCUT2D eigenvalue weighted by Gasteiger charge is 2.49. The molecule has 33 heavy (non-hydrogen) atoms. The second-order valence-electron chi connectivity index (χ2n) is 9.44. The number of likely N-dealkylation sites (tertiary alicyclic amines) is 1. The highest BCUT2D eigenvalue weighted by atomic mass is 35.5. The third kappa shape index (κ3) is 5.37. The molecular formula is C27H36ClN3O2. The number of aliphatic hydroxyl groups is 1. The fraction of sp³-hybridized carbons (Fsp3) is 0.519. The average molecular weight is 470 g/mol. The van der Waals surface area contributed by atoms with Gasteiger partial charge < -0.3 is 15.3 Å². The number of piperidine rings is 1. The molecule has 1 heterocycles. The SMILES string of the molecule is CCN(CC)c1ccc([C@@H]2[C@@H]3CCCC[C@]3(O)CCN2CC(=O)Nc2ccc(Cl)cc2)cc1. The lowest BCUT2D eigenvalue weighted by atomic mass is 9.66. The van der Waals surface area contributed by atoms with E-state index in [0.717, 1.165) is 50.9 Å². The molecule has 6 heteroatoms. The smallest absolute Gasteiger partial charge is 0.238 e. The number of carbonyl (C=O) groups excluding carboxylic acids is 1. The Kier molecular flexibility index (Phi) is 7.62. The summed E-state index contributed by atoms with van der Waals surface area (Å²) in [5.41, 5.74) is 2.51. The standard InChI is InChI=1S/C27H36ClN3O2/c1-3-30(4-2)23-14-8-20(9-15-23)26-24-7-5-6-16-27(24,33)17-18-31(26)19-25(32)29-22-12-10-21(28)11-13-22/h8-15,24,26,33H,3-7,16-19H2,1-2H3,(H,29,32)/t24-,26+,27-/m0/s1. The second kappa shape index (κ2) is 10.5. The largest absolute Gasteiger partial charge is 0.389 e. The van der Waals surface area contributed by atoms with E-state index in [2.05, 4.69) is 53.2 Å². The lowest BCUT2D eigenvalue weighted by Gasteiger charge is -2.52. The van der Waals surface area contributed by atoms with Crippen molar-refractivity contribution < 1.29 is 9.90 Å². The first-order valence-electron chi connectivity index (χ1n) is 12.3. The van der Waals surface area contributed by atoms with Gasteiger partial charge in [0, 0.05) is 48.0 Å². The van der Waals surface area contributed by atoms with E-state index in [9.17, 15) is 9.90 Å². The predicted octanol–water partition coefficient (Wildman–Crippen LogP) is 5.49. The number of rotatable bonds is 7. The van der Waals surface area contributed by atoms with Crippen molar-refractivity contribution in [1.82, 2.24) is 4.90 Å². The maximum Gasteiger partial charge on any atom is 0.238 e. The Morgan fingerprint density at radius 1 is 1.09 bits per heavy atom. The molecule has 1 saturated carbocycles. The van der Waals surface area contributed by atoms with Gasteiger partial charge in [0.1, 0.15) is 0 Å². The molecule has 0 spiro atoms. The molecule has 4 rings (SSSR count). The summed E-state index contributed by atoms with van der Waals surface area (Å²) in [6.45, 7) is 7.29. The highest BCUT2D eigenvalue weighted by Crippen LogP contribution is 2.49. The van der Waals surface area contributed by atoms with Gasteiger partial charge in [-0.05, 0) is 75.1 Å². The third-order valence-electron chi connectivity index (χ3n) is 7.51. The molecule has 0 aromatic heterocycles. The fourth-order valence-corrected chi connectivity index (χ4v) is 5.88. The van der Waals surface area contributed by atoms with E-state index in [1.807, 2.05) is 12.1 Å². The van der Waals surface area contributed by atoms with Gasteiger partial charge in [0.05, 0.1) is 12.1 Å². The van der Waals surface area contributed by atoms with Crippen LogP contribution in [0.2, 0.25) is 5.02 Å². The maximum absolute atomic E-state index is 12.9. The lowest BCUT2D eigenvalue weighted by Crippen LogP contribution is -2.56. The zero-order valence-electron chi connectivity index (χ0n) is 19.8. The quantitative estimate of drug-likeness (QED) is 0.562. The van der Waals surface area contributed by atoms with Gasteiger partial charge in [0.2, 0.25) is 5.91 Å². The molecular weight excluding hydrogens is 434 g/mol. The number of nitrogens with zero attached hydrogens (tertiary/aromatic N) is 2. The minimum absolute atomic E-state index is 0.0331. The zero-order chi connectivity index (χ0) is 23.4. The molecule has 0 bridgehead atoms. The monoisotopic (exact) mass is 469 g/mol. The number of halogens is 1. The first-order chi connectivity index (χ1) is 15.9. The van der Waals surface area contributed by atoms with Crippen LogP contribution >= 0.6 is 11.6 Å². The van der Waals surface area contributed by atoms with Crippen LogP contribution in [0.25, 0.3) is 0 Å². The van der Waals surface area contributed by atoms with E-state index in [1.54, 1.807) is 12.1 Å². The van der Waals surface area contributed by atoms with Crippen LogP contribution in [-0.4, -0.2) is 47.7 Å².